The number of nitrogens with one attached hydrogen (secondary N) is 1. The molecule has 1 aromatic carbocycles. The number of hydrogen-bond acceptors (Lipinski definition) is 8. The highest BCUT2D eigenvalue weighted by Gasteiger charge is 2.40. The molecule has 1 aliphatic rings. The molecule has 3 N–H and O–H groups in total. The van der Waals surface area contributed by atoms with Crippen LogP contribution in [0.1, 0.15) is 48.9 Å². The van der Waals surface area contributed by atoms with Crippen LogP contribution in [0.25, 0.3) is 22.5 Å². The molecule has 3 aromatic rings. The first-order valence-electron chi connectivity index (χ1n) is 12.3. The fourth-order valence-corrected chi connectivity index (χ4v) is 4.60. The number of nitrogens with two attached hydrogens (primary N) is 1. The molecule has 1 saturated heterocycles. The topological polar surface area (TPSA) is 135 Å². The van der Waals surface area contributed by atoms with E-state index in [2.05, 4.69) is 15.0 Å². The Balaban J connectivity index is 1.54. The van der Waals surface area contributed by atoms with Gasteiger partial charge < -0.3 is 20.2 Å². The Hall–Kier alpha value is -3.89. The highest BCUT2D eigenvalue weighted by atomic mass is 16.5. The Morgan fingerprint density at radius 3 is 2.49 bits per heavy atom. The SMILES string of the molecule is COC(=O)N([C@H](C=O)C(C)C)N1CCC[C@H]1c1ncc(-c2ccc(-c3ccc(C(=O)CN)cc3)nc2)[nH]1. The average Bonchev–Trinajstić information content (AvgIpc) is 3.60. The summed E-state index contributed by atoms with van der Waals surface area (Å²) >= 11 is 0. The molecule has 37 heavy (non-hydrogen) atoms. The van der Waals surface area contributed by atoms with Gasteiger partial charge in [0.15, 0.2) is 5.78 Å². The van der Waals surface area contributed by atoms with Gasteiger partial charge in [-0.15, -0.1) is 0 Å². The van der Waals surface area contributed by atoms with Crippen molar-refractivity contribution in [3.63, 3.8) is 0 Å². The van der Waals surface area contributed by atoms with Crippen molar-refractivity contribution in [3.8, 4) is 22.5 Å². The minimum atomic E-state index is -0.637. The number of amides is 1. The number of pyridine rings is 1. The summed E-state index contributed by atoms with van der Waals surface area (Å²) in [6.45, 7) is 4.39. The van der Waals surface area contributed by atoms with E-state index in [-0.39, 0.29) is 24.3 Å². The van der Waals surface area contributed by atoms with Crippen LogP contribution in [0.4, 0.5) is 4.79 Å². The molecule has 4 rings (SSSR count). The molecule has 0 saturated carbocycles. The Kier molecular flexibility index (Phi) is 8.10. The van der Waals surface area contributed by atoms with E-state index in [4.69, 9.17) is 10.5 Å². The monoisotopic (exact) mass is 504 g/mol. The Labute approximate surface area is 215 Å². The molecule has 0 unspecified atom stereocenters. The molecule has 3 heterocycles. The number of methoxy groups -OCH3 is 1. The molecule has 194 valence electrons. The van der Waals surface area contributed by atoms with Gasteiger partial charge in [0.1, 0.15) is 18.2 Å². The number of imidazole rings is 1. The Bertz CT molecular complexity index is 1240. The number of aromatic nitrogens is 3. The molecule has 0 radical (unpaired) electrons. The zero-order chi connectivity index (χ0) is 26.5. The predicted molar refractivity (Wildman–Crippen MR) is 138 cm³/mol. The summed E-state index contributed by atoms with van der Waals surface area (Å²) in [4.78, 5) is 48.8. The molecular weight excluding hydrogens is 472 g/mol. The number of hydrazine groups is 1. The third-order valence-electron chi connectivity index (χ3n) is 6.64. The molecule has 2 atom stereocenters. The number of rotatable bonds is 9. The first kappa shape index (κ1) is 26.2. The molecule has 1 amide bonds. The number of Topliss-reactive ketones (excluding diaryl/α,β-unsaturated/α-hetero) is 1. The van der Waals surface area contributed by atoms with Crippen molar-refractivity contribution in [2.45, 2.75) is 38.8 Å². The fourth-order valence-electron chi connectivity index (χ4n) is 4.60. The smallest absolute Gasteiger partial charge is 0.424 e. The van der Waals surface area contributed by atoms with Crippen molar-refractivity contribution in [1.29, 1.82) is 0 Å². The van der Waals surface area contributed by atoms with Gasteiger partial charge in [-0.3, -0.25) is 9.78 Å². The number of hydrogen-bond donors (Lipinski definition) is 2. The Morgan fingerprint density at radius 2 is 1.89 bits per heavy atom. The maximum Gasteiger partial charge on any atom is 0.424 e. The molecule has 2 aromatic heterocycles. The summed E-state index contributed by atoms with van der Waals surface area (Å²) in [6.07, 6.45) is 5.37. The van der Waals surface area contributed by atoms with E-state index < -0.39 is 12.1 Å². The van der Waals surface area contributed by atoms with Gasteiger partial charge in [0.05, 0.1) is 37.3 Å². The van der Waals surface area contributed by atoms with Crippen molar-refractivity contribution < 1.29 is 19.1 Å². The summed E-state index contributed by atoms with van der Waals surface area (Å²) in [6, 6.07) is 10.2. The van der Waals surface area contributed by atoms with Crippen molar-refractivity contribution in [1.82, 2.24) is 25.0 Å². The minimum absolute atomic E-state index is 0.0206. The number of benzene rings is 1. The quantitative estimate of drug-likeness (QED) is 0.333. The molecule has 10 nitrogen and oxygen atoms in total. The number of ketones is 1. The first-order chi connectivity index (χ1) is 17.9. The molecule has 10 heteroatoms. The second-order valence-corrected chi connectivity index (χ2v) is 9.33. The number of carbonyl (C=O) groups is 3. The van der Waals surface area contributed by atoms with E-state index in [1.807, 2.05) is 43.1 Å². The van der Waals surface area contributed by atoms with Gasteiger partial charge in [-0.25, -0.2) is 19.8 Å². The number of aromatic amines is 1. The molecule has 0 bridgehead atoms. The highest BCUT2D eigenvalue weighted by molar-refractivity contribution is 5.97. The predicted octanol–water partition coefficient (Wildman–Crippen LogP) is 3.62. The normalized spacial score (nSPS) is 16.5. The van der Waals surface area contributed by atoms with Crippen LogP contribution in [-0.2, 0) is 9.53 Å². The average molecular weight is 505 g/mol. The summed E-state index contributed by atoms with van der Waals surface area (Å²) in [5.41, 5.74) is 9.33. The van der Waals surface area contributed by atoms with Gasteiger partial charge in [0, 0.05) is 29.4 Å². The molecule has 1 fully saturated rings. The van der Waals surface area contributed by atoms with Crippen LogP contribution in [0, 0.1) is 5.92 Å². The van der Waals surface area contributed by atoms with Crippen molar-refractivity contribution in [2.24, 2.45) is 11.7 Å². The maximum atomic E-state index is 12.7. The Morgan fingerprint density at radius 1 is 1.16 bits per heavy atom. The van der Waals surface area contributed by atoms with Crippen LogP contribution < -0.4 is 5.73 Å². The second kappa shape index (κ2) is 11.4. The number of aldehydes is 1. The zero-order valence-corrected chi connectivity index (χ0v) is 21.3. The summed E-state index contributed by atoms with van der Waals surface area (Å²) in [5.74, 6) is 0.525. The molecule has 1 aliphatic heterocycles. The van der Waals surface area contributed by atoms with E-state index in [1.54, 1.807) is 24.5 Å². The largest absolute Gasteiger partial charge is 0.452 e. The fraction of sp³-hybridized carbons (Fsp3) is 0.370. The van der Waals surface area contributed by atoms with Gasteiger partial charge in [0.2, 0.25) is 0 Å². The molecule has 0 spiro atoms. The molecular formula is C27H32N6O4. The van der Waals surface area contributed by atoms with E-state index in [0.29, 0.717) is 17.9 Å². The van der Waals surface area contributed by atoms with Crippen molar-refractivity contribution in [2.75, 3.05) is 20.2 Å². The lowest BCUT2D eigenvalue weighted by Gasteiger charge is -2.39. The summed E-state index contributed by atoms with van der Waals surface area (Å²) in [5, 5.41) is 3.31. The number of H-pyrrole nitrogens is 1. The highest BCUT2D eigenvalue weighted by Crippen LogP contribution is 2.34. The van der Waals surface area contributed by atoms with E-state index in [0.717, 1.165) is 41.6 Å². The van der Waals surface area contributed by atoms with Crippen molar-refractivity contribution in [3.05, 3.63) is 60.2 Å². The summed E-state index contributed by atoms with van der Waals surface area (Å²) < 4.78 is 5.01. The van der Waals surface area contributed by atoms with Crippen LogP contribution in [0.15, 0.2) is 48.8 Å². The van der Waals surface area contributed by atoms with Crippen LogP contribution in [0.3, 0.4) is 0 Å². The van der Waals surface area contributed by atoms with Gasteiger partial charge in [-0.2, -0.15) is 0 Å². The maximum absolute atomic E-state index is 12.7. The van der Waals surface area contributed by atoms with E-state index in [9.17, 15) is 14.4 Å². The first-order valence-corrected chi connectivity index (χ1v) is 12.3. The lowest BCUT2D eigenvalue weighted by molar-refractivity contribution is -0.124. The van der Waals surface area contributed by atoms with Gasteiger partial charge in [-0.1, -0.05) is 38.1 Å². The van der Waals surface area contributed by atoms with Gasteiger partial charge in [0.25, 0.3) is 0 Å². The second-order valence-electron chi connectivity index (χ2n) is 9.33. The van der Waals surface area contributed by atoms with E-state index in [1.165, 1.54) is 12.1 Å². The summed E-state index contributed by atoms with van der Waals surface area (Å²) in [7, 11) is 1.32. The van der Waals surface area contributed by atoms with Gasteiger partial charge >= 0.3 is 6.09 Å². The zero-order valence-electron chi connectivity index (χ0n) is 21.3. The van der Waals surface area contributed by atoms with Crippen molar-refractivity contribution >= 4 is 18.2 Å². The van der Waals surface area contributed by atoms with Crippen LogP contribution in [0.5, 0.6) is 0 Å². The minimum Gasteiger partial charge on any atom is -0.452 e. The van der Waals surface area contributed by atoms with Crippen LogP contribution >= 0.6 is 0 Å². The third-order valence-corrected chi connectivity index (χ3v) is 6.64. The van der Waals surface area contributed by atoms with Crippen LogP contribution in [0.2, 0.25) is 0 Å². The lowest BCUT2D eigenvalue weighted by Crippen LogP contribution is -2.54. The number of carbonyl (C=O) groups excluding carboxylic acids is 3. The molecule has 0 aliphatic carbocycles. The van der Waals surface area contributed by atoms with Crippen LogP contribution in [-0.4, -0.2) is 69.4 Å². The standard InChI is InChI=1S/C27H32N6O4/c1-17(2)24(16-34)33(27(36)37-3)32-12-4-5-23(32)26-30-15-22(31-26)20-10-11-21(29-14-20)18-6-8-19(9-7-18)25(35)13-28/h6-11,14-17,23-24H,4-5,12-13,28H2,1-3H3,(H,30,31)/t23-,24+/m0/s1. The number of ether oxygens (including phenoxy) is 1. The lowest BCUT2D eigenvalue weighted by atomic mass is 10.1. The number of nitrogens with zero attached hydrogens (tertiary/aromatic N) is 4. The van der Waals surface area contributed by atoms with Gasteiger partial charge in [-0.05, 0) is 30.9 Å². The third kappa shape index (κ3) is 5.45. The van der Waals surface area contributed by atoms with E-state index >= 15 is 0 Å².